The lowest BCUT2D eigenvalue weighted by Gasteiger charge is -1.81. The maximum Gasteiger partial charge on any atom is 0.116 e. The highest BCUT2D eigenvalue weighted by atomic mass is 16.6. The van der Waals surface area contributed by atoms with Gasteiger partial charge >= 0.3 is 0 Å². The Kier molecular flexibility index (Phi) is 4.29. The van der Waals surface area contributed by atoms with Gasteiger partial charge in [-0.05, 0) is 12.1 Å². The van der Waals surface area contributed by atoms with Crippen molar-refractivity contribution in [2.45, 2.75) is 6.92 Å². The fourth-order valence-corrected chi connectivity index (χ4v) is 0.102. The van der Waals surface area contributed by atoms with Gasteiger partial charge in [0.1, 0.15) is 6.61 Å². The monoisotopic (exact) mass is 102 g/mol. The van der Waals surface area contributed by atoms with Crippen LogP contribution < -0.4 is 0 Å². The molecule has 5 nitrogen and oxygen atoms in total. The first-order valence-electron chi connectivity index (χ1n) is 1.80. The molecule has 0 aliphatic carbocycles. The molecule has 0 radical (unpaired) electrons. The summed E-state index contributed by atoms with van der Waals surface area (Å²) in [7, 11) is 0. The average Bonchev–Trinajstić information content (AvgIpc) is 1.69. The van der Waals surface area contributed by atoms with Crippen molar-refractivity contribution in [3.63, 3.8) is 0 Å². The van der Waals surface area contributed by atoms with Gasteiger partial charge in [-0.25, -0.2) is 0 Å². The van der Waals surface area contributed by atoms with E-state index in [0.717, 1.165) is 0 Å². The van der Waals surface area contributed by atoms with Gasteiger partial charge in [0, 0.05) is 10.5 Å². The van der Waals surface area contributed by atoms with Crippen molar-refractivity contribution >= 4 is 0 Å². The summed E-state index contributed by atoms with van der Waals surface area (Å²) in [4.78, 5) is 4.32. The van der Waals surface area contributed by atoms with E-state index in [2.05, 4.69) is 20.6 Å². The van der Waals surface area contributed by atoms with Crippen molar-refractivity contribution in [1.29, 1.82) is 5.53 Å². The van der Waals surface area contributed by atoms with Crippen LogP contribution in [0.15, 0.2) is 15.7 Å². The zero-order chi connectivity index (χ0) is 5.54. The first-order valence-corrected chi connectivity index (χ1v) is 1.80. The lowest BCUT2D eigenvalue weighted by Crippen LogP contribution is -1.73. The quantitative estimate of drug-likeness (QED) is 0.423. The second kappa shape index (κ2) is 5.00. The Morgan fingerprint density at radius 3 is 2.86 bits per heavy atom. The maximum atomic E-state index is 6.07. The van der Waals surface area contributed by atoms with Crippen LogP contribution >= 0.6 is 0 Å². The Balaban J connectivity index is 2.92. The number of hydrogen-bond acceptors (Lipinski definition) is 3. The van der Waals surface area contributed by atoms with Gasteiger partial charge in [-0.15, -0.1) is 0 Å². The summed E-state index contributed by atoms with van der Waals surface area (Å²) in [6.45, 7) is 2.22. The van der Waals surface area contributed by atoms with Crippen LogP contribution in [0.2, 0.25) is 0 Å². The molecule has 0 unspecified atom stereocenters. The lowest BCUT2D eigenvalue weighted by molar-refractivity contribution is 0.134. The highest BCUT2D eigenvalue weighted by Crippen LogP contribution is 1.76. The van der Waals surface area contributed by atoms with Gasteiger partial charge in [0.25, 0.3) is 0 Å². The normalized spacial score (nSPS) is 9.29. The third-order valence-corrected chi connectivity index (χ3v) is 0.268. The highest BCUT2D eigenvalue weighted by Gasteiger charge is 1.65. The zero-order valence-corrected chi connectivity index (χ0v) is 3.96. The van der Waals surface area contributed by atoms with E-state index in [0.29, 0.717) is 6.61 Å². The van der Waals surface area contributed by atoms with Crippen molar-refractivity contribution in [3.05, 3.63) is 0 Å². The third kappa shape index (κ3) is 5.00. The Morgan fingerprint density at radius 1 is 1.71 bits per heavy atom. The van der Waals surface area contributed by atoms with Crippen LogP contribution in [-0.4, -0.2) is 6.61 Å². The molecular formula is C2H6N4O. The molecule has 0 aromatic carbocycles. The molecule has 0 aromatic heterocycles. The van der Waals surface area contributed by atoms with E-state index >= 15 is 0 Å². The van der Waals surface area contributed by atoms with Crippen molar-refractivity contribution in [2.75, 3.05) is 6.61 Å². The van der Waals surface area contributed by atoms with Gasteiger partial charge < -0.3 is 4.84 Å². The SMILES string of the molecule is CCON=NN=N. The summed E-state index contributed by atoms with van der Waals surface area (Å²) >= 11 is 0. The molecule has 0 aliphatic heterocycles. The van der Waals surface area contributed by atoms with E-state index < -0.39 is 0 Å². The standard InChI is InChI=1S/C2H6N4O/c1-2-7-6-5-4-3/h3H,2H2,1H3. The fourth-order valence-electron chi connectivity index (χ4n) is 0.102. The Morgan fingerprint density at radius 2 is 2.43 bits per heavy atom. The second-order valence-electron chi connectivity index (χ2n) is 0.689. The Bertz CT molecular complexity index is 70.1. The minimum absolute atomic E-state index is 0.457. The van der Waals surface area contributed by atoms with Crippen LogP contribution in [0.25, 0.3) is 0 Å². The first-order chi connectivity index (χ1) is 3.41. The summed E-state index contributed by atoms with van der Waals surface area (Å²) in [6.07, 6.45) is 0. The van der Waals surface area contributed by atoms with Gasteiger partial charge in [0.05, 0.1) is 0 Å². The molecule has 40 valence electrons. The molecule has 0 rings (SSSR count). The molecule has 0 bridgehead atoms. The number of nitrogens with zero attached hydrogens (tertiary/aromatic N) is 3. The van der Waals surface area contributed by atoms with E-state index in [1.807, 2.05) is 0 Å². The molecule has 1 N–H and O–H groups in total. The Labute approximate surface area is 40.8 Å². The molecule has 0 aliphatic rings. The number of hydrogen-bond donors (Lipinski definition) is 1. The molecule has 0 spiro atoms. The second-order valence-corrected chi connectivity index (χ2v) is 0.689. The van der Waals surface area contributed by atoms with Crippen LogP contribution in [0.5, 0.6) is 0 Å². The molecule has 0 heterocycles. The van der Waals surface area contributed by atoms with E-state index in [1.54, 1.807) is 6.92 Å². The molecule has 0 aromatic rings. The molecule has 0 fully saturated rings. The molecule has 7 heavy (non-hydrogen) atoms. The van der Waals surface area contributed by atoms with Crippen molar-refractivity contribution in [2.24, 2.45) is 15.7 Å². The molecule has 0 amide bonds. The summed E-state index contributed by atoms with van der Waals surface area (Å²) in [5.74, 6) is 0. The largest absolute Gasteiger partial charge is 0.378 e. The van der Waals surface area contributed by atoms with Crippen molar-refractivity contribution in [3.8, 4) is 0 Å². The van der Waals surface area contributed by atoms with Crippen LogP contribution in [-0.2, 0) is 4.84 Å². The predicted octanol–water partition coefficient (Wildman–Crippen LogP) is 1.34. The van der Waals surface area contributed by atoms with Crippen LogP contribution in [0.3, 0.4) is 0 Å². The van der Waals surface area contributed by atoms with Crippen LogP contribution in [0.4, 0.5) is 0 Å². The molecule has 0 saturated carbocycles. The third-order valence-electron chi connectivity index (χ3n) is 0.268. The summed E-state index contributed by atoms with van der Waals surface area (Å²) < 4.78 is 0. The number of rotatable bonds is 3. The van der Waals surface area contributed by atoms with E-state index in [9.17, 15) is 0 Å². The molecule has 5 heteroatoms. The zero-order valence-electron chi connectivity index (χ0n) is 3.96. The topological polar surface area (TPSA) is 70.2 Å². The molecule has 0 saturated heterocycles. The first kappa shape index (κ1) is 6.00. The van der Waals surface area contributed by atoms with E-state index in [-0.39, 0.29) is 0 Å². The van der Waals surface area contributed by atoms with Gasteiger partial charge in [-0.3, -0.25) is 0 Å². The number of nitrogens with one attached hydrogen (secondary N) is 1. The minimum Gasteiger partial charge on any atom is -0.378 e. The van der Waals surface area contributed by atoms with Gasteiger partial charge in [0.15, 0.2) is 0 Å². The highest BCUT2D eigenvalue weighted by molar-refractivity contribution is 3.98. The molecule has 0 atom stereocenters. The molecular weight excluding hydrogens is 96.0 g/mol. The van der Waals surface area contributed by atoms with Crippen LogP contribution in [0, 0.1) is 5.53 Å². The summed E-state index contributed by atoms with van der Waals surface area (Å²) in [6, 6.07) is 0. The average molecular weight is 102 g/mol. The van der Waals surface area contributed by atoms with Gasteiger partial charge in [-0.1, -0.05) is 0 Å². The van der Waals surface area contributed by atoms with Crippen molar-refractivity contribution < 1.29 is 4.84 Å². The maximum absolute atomic E-state index is 6.07. The van der Waals surface area contributed by atoms with Gasteiger partial charge in [-0.2, -0.15) is 5.53 Å². The predicted molar refractivity (Wildman–Crippen MR) is 21.6 cm³/mol. The minimum atomic E-state index is 0.457. The lowest BCUT2D eigenvalue weighted by atomic mass is 10.9. The smallest absolute Gasteiger partial charge is 0.116 e. The Hall–Kier alpha value is -1.00. The summed E-state index contributed by atoms with van der Waals surface area (Å²) in [5.41, 5.74) is 6.07. The summed E-state index contributed by atoms with van der Waals surface area (Å²) in [5, 5.41) is 8.39. The van der Waals surface area contributed by atoms with Crippen molar-refractivity contribution in [1.82, 2.24) is 0 Å². The fraction of sp³-hybridized carbons (Fsp3) is 1.00. The van der Waals surface area contributed by atoms with E-state index in [4.69, 9.17) is 5.53 Å². The van der Waals surface area contributed by atoms with E-state index in [1.165, 1.54) is 0 Å². The van der Waals surface area contributed by atoms with Gasteiger partial charge in [0.2, 0.25) is 0 Å². The van der Waals surface area contributed by atoms with Crippen LogP contribution in [0.1, 0.15) is 6.92 Å².